The molecule has 0 aromatic heterocycles. The van der Waals surface area contributed by atoms with Crippen molar-refractivity contribution in [1.29, 1.82) is 0 Å². The van der Waals surface area contributed by atoms with E-state index < -0.39 is 18.0 Å². The second-order valence-corrected chi connectivity index (χ2v) is 9.82. The summed E-state index contributed by atoms with van der Waals surface area (Å²) in [7, 11) is 0. The first-order valence-electron chi connectivity index (χ1n) is 12.0. The Morgan fingerprint density at radius 1 is 1.09 bits per heavy atom. The molecule has 178 valence electrons. The number of carbonyl (C=O) groups is 3. The second-order valence-electron chi connectivity index (χ2n) is 9.82. The van der Waals surface area contributed by atoms with E-state index in [0.717, 1.165) is 6.42 Å². The van der Waals surface area contributed by atoms with E-state index in [2.05, 4.69) is 29.6 Å². The molecule has 2 N–H and O–H groups in total. The summed E-state index contributed by atoms with van der Waals surface area (Å²) in [5.74, 6) is -0.927. The Kier molecular flexibility index (Phi) is 6.02. The van der Waals surface area contributed by atoms with Crippen molar-refractivity contribution in [2.75, 3.05) is 19.7 Å². The smallest absolute Gasteiger partial charge is 0.407 e. The third kappa shape index (κ3) is 4.04. The SMILES string of the molecule is CC(CCC(=O)N1CC2CC1C2C(=O)O)CNC(=O)OCC1c2ccccc2-c2ccccc21. The Morgan fingerprint density at radius 3 is 2.35 bits per heavy atom. The fraction of sp³-hybridized carbons (Fsp3) is 0.444. The van der Waals surface area contributed by atoms with Gasteiger partial charge in [0.1, 0.15) is 6.61 Å². The zero-order chi connectivity index (χ0) is 23.8. The summed E-state index contributed by atoms with van der Waals surface area (Å²) in [6.45, 7) is 3.25. The minimum atomic E-state index is -0.794. The van der Waals surface area contributed by atoms with Gasteiger partial charge in [-0.15, -0.1) is 0 Å². The molecule has 0 spiro atoms. The largest absolute Gasteiger partial charge is 0.481 e. The molecule has 6 rings (SSSR count). The van der Waals surface area contributed by atoms with Crippen molar-refractivity contribution >= 4 is 18.0 Å². The number of nitrogens with zero attached hydrogens (tertiary/aromatic N) is 1. The van der Waals surface area contributed by atoms with Crippen molar-refractivity contribution in [3.63, 3.8) is 0 Å². The lowest BCUT2D eigenvalue weighted by Gasteiger charge is -2.33. The van der Waals surface area contributed by atoms with Gasteiger partial charge in [-0.05, 0) is 46.9 Å². The highest BCUT2D eigenvalue weighted by atomic mass is 16.5. The van der Waals surface area contributed by atoms with E-state index in [4.69, 9.17) is 4.74 Å². The standard InChI is InChI=1S/C27H30N2O5/c1-16(10-11-24(30)29-14-17-12-23(29)25(17)26(31)32)13-28-27(33)34-15-22-20-8-4-2-6-18(20)19-7-3-5-9-21(19)22/h2-9,16-17,22-23,25H,10-15H2,1H3,(H,28,33)(H,31,32). The maximum atomic E-state index is 12.6. The number of carboxylic acid groups (broad SMARTS) is 1. The maximum Gasteiger partial charge on any atom is 0.407 e. The molecule has 2 aromatic carbocycles. The van der Waals surface area contributed by atoms with E-state index in [-0.39, 0.29) is 36.3 Å². The predicted octanol–water partition coefficient (Wildman–Crippen LogP) is 3.87. The molecule has 2 aliphatic carbocycles. The zero-order valence-electron chi connectivity index (χ0n) is 19.3. The number of aliphatic carboxylic acids is 1. The molecule has 2 heterocycles. The Hall–Kier alpha value is -3.35. The molecule has 7 nitrogen and oxygen atoms in total. The number of ether oxygens (including phenoxy) is 1. The number of hydrogen-bond acceptors (Lipinski definition) is 4. The molecule has 34 heavy (non-hydrogen) atoms. The van der Waals surface area contributed by atoms with Crippen molar-refractivity contribution in [1.82, 2.24) is 10.2 Å². The van der Waals surface area contributed by atoms with Crippen molar-refractivity contribution in [3.8, 4) is 11.1 Å². The van der Waals surface area contributed by atoms with Gasteiger partial charge < -0.3 is 20.1 Å². The van der Waals surface area contributed by atoms with Crippen LogP contribution in [0.15, 0.2) is 48.5 Å². The first-order chi connectivity index (χ1) is 16.4. The van der Waals surface area contributed by atoms with Crippen LogP contribution in [-0.2, 0) is 14.3 Å². The lowest BCUT2D eigenvalue weighted by atomic mass is 9.74. The second kappa shape index (κ2) is 9.12. The van der Waals surface area contributed by atoms with Crippen LogP contribution in [-0.4, -0.2) is 53.7 Å². The number of amides is 2. The number of benzene rings is 2. The van der Waals surface area contributed by atoms with Gasteiger partial charge in [-0.25, -0.2) is 4.79 Å². The minimum Gasteiger partial charge on any atom is -0.481 e. The lowest BCUT2D eigenvalue weighted by molar-refractivity contribution is -0.148. The number of carbonyl (C=O) groups excluding carboxylic acids is 2. The molecule has 4 aliphatic rings. The van der Waals surface area contributed by atoms with Crippen LogP contribution in [0, 0.1) is 17.8 Å². The summed E-state index contributed by atoms with van der Waals surface area (Å²) in [4.78, 5) is 38.0. The first kappa shape index (κ1) is 22.4. The van der Waals surface area contributed by atoms with Crippen LogP contribution in [0.2, 0.25) is 0 Å². The maximum absolute atomic E-state index is 12.6. The molecular formula is C27H30N2O5. The topological polar surface area (TPSA) is 95.9 Å². The van der Waals surface area contributed by atoms with Gasteiger partial charge in [0.05, 0.1) is 5.92 Å². The van der Waals surface area contributed by atoms with Gasteiger partial charge in [0.15, 0.2) is 0 Å². The van der Waals surface area contributed by atoms with Crippen LogP contribution in [0.1, 0.15) is 43.2 Å². The van der Waals surface area contributed by atoms with E-state index >= 15 is 0 Å². The van der Waals surface area contributed by atoms with Crippen molar-refractivity contribution in [2.45, 2.75) is 38.1 Å². The molecule has 2 saturated heterocycles. The summed E-state index contributed by atoms with van der Waals surface area (Å²) in [5.41, 5.74) is 4.73. The van der Waals surface area contributed by atoms with Crippen molar-refractivity contribution < 1.29 is 24.2 Å². The molecular weight excluding hydrogens is 432 g/mol. The van der Waals surface area contributed by atoms with Gasteiger partial charge in [0.25, 0.3) is 0 Å². The summed E-state index contributed by atoms with van der Waals surface area (Å²) >= 11 is 0. The monoisotopic (exact) mass is 462 g/mol. The molecule has 2 bridgehead atoms. The van der Waals surface area contributed by atoms with E-state index in [1.54, 1.807) is 4.90 Å². The molecule has 3 fully saturated rings. The number of nitrogens with one attached hydrogen (secondary N) is 1. The molecule has 4 atom stereocenters. The molecule has 1 saturated carbocycles. The Bertz CT molecular complexity index is 1070. The molecule has 7 heteroatoms. The van der Waals surface area contributed by atoms with Gasteiger partial charge in [-0.2, -0.15) is 0 Å². The van der Waals surface area contributed by atoms with Gasteiger partial charge in [-0.1, -0.05) is 55.5 Å². The fourth-order valence-electron chi connectivity index (χ4n) is 5.79. The summed E-state index contributed by atoms with van der Waals surface area (Å²) < 4.78 is 5.57. The normalized spacial score (nSPS) is 23.0. The van der Waals surface area contributed by atoms with Gasteiger partial charge in [0, 0.05) is 31.5 Å². The molecule has 4 unspecified atom stereocenters. The summed E-state index contributed by atoms with van der Waals surface area (Å²) in [6.07, 6.45) is 1.35. The van der Waals surface area contributed by atoms with E-state index in [0.29, 0.717) is 25.9 Å². The third-order valence-corrected chi connectivity index (χ3v) is 7.69. The van der Waals surface area contributed by atoms with Crippen LogP contribution in [0.25, 0.3) is 11.1 Å². The third-order valence-electron chi connectivity index (χ3n) is 7.69. The summed E-state index contributed by atoms with van der Waals surface area (Å²) in [6, 6.07) is 16.3. The van der Waals surface area contributed by atoms with Gasteiger partial charge >= 0.3 is 12.1 Å². The fourth-order valence-corrected chi connectivity index (χ4v) is 5.79. The quantitative estimate of drug-likeness (QED) is 0.621. The Morgan fingerprint density at radius 2 is 1.74 bits per heavy atom. The molecule has 2 aromatic rings. The predicted molar refractivity (Wildman–Crippen MR) is 126 cm³/mol. The minimum absolute atomic E-state index is 0.0178. The highest BCUT2D eigenvalue weighted by Crippen LogP contribution is 2.47. The number of fused-ring (bicyclic) bond motifs is 4. The van der Waals surface area contributed by atoms with Crippen LogP contribution in [0.5, 0.6) is 0 Å². The number of hydrogen-bond donors (Lipinski definition) is 2. The lowest BCUT2D eigenvalue weighted by Crippen LogP contribution is -2.45. The Labute approximate surface area is 199 Å². The van der Waals surface area contributed by atoms with Crippen LogP contribution < -0.4 is 5.32 Å². The number of alkyl carbamates (subject to hydrolysis) is 1. The van der Waals surface area contributed by atoms with Crippen LogP contribution in [0.3, 0.4) is 0 Å². The van der Waals surface area contributed by atoms with Crippen LogP contribution >= 0.6 is 0 Å². The average Bonchev–Trinajstić information content (AvgIpc) is 3.50. The van der Waals surface area contributed by atoms with E-state index in [9.17, 15) is 19.5 Å². The highest BCUT2D eigenvalue weighted by molar-refractivity contribution is 5.81. The molecule has 2 amide bonds. The number of rotatable bonds is 8. The van der Waals surface area contributed by atoms with Crippen molar-refractivity contribution in [2.24, 2.45) is 17.8 Å². The van der Waals surface area contributed by atoms with E-state index in [1.807, 2.05) is 31.2 Å². The van der Waals surface area contributed by atoms with E-state index in [1.165, 1.54) is 22.3 Å². The first-order valence-corrected chi connectivity index (χ1v) is 12.0. The highest BCUT2D eigenvalue weighted by Gasteiger charge is 2.56. The van der Waals surface area contributed by atoms with Crippen LogP contribution in [0.4, 0.5) is 4.79 Å². The summed E-state index contributed by atoms with van der Waals surface area (Å²) in [5, 5.41) is 12.1. The van der Waals surface area contributed by atoms with Gasteiger partial charge in [-0.3, -0.25) is 9.59 Å². The number of carboxylic acids is 1. The average molecular weight is 463 g/mol. The zero-order valence-corrected chi connectivity index (χ0v) is 19.3. The molecule has 2 aliphatic heterocycles. The molecule has 0 radical (unpaired) electrons. The van der Waals surface area contributed by atoms with Crippen molar-refractivity contribution in [3.05, 3.63) is 59.7 Å². The van der Waals surface area contributed by atoms with Gasteiger partial charge in [0.2, 0.25) is 5.91 Å². The Balaban J connectivity index is 1.06.